The van der Waals surface area contributed by atoms with Crippen LogP contribution in [0.5, 0.6) is 0 Å². The number of amidine groups is 1. The van der Waals surface area contributed by atoms with Crippen LogP contribution in [0.4, 0.5) is 0 Å². The molecule has 28 heavy (non-hydrogen) atoms. The summed E-state index contributed by atoms with van der Waals surface area (Å²) < 4.78 is 34.0. The minimum atomic E-state index is -4.94. The Bertz CT molecular complexity index is 436. The third-order valence-corrected chi connectivity index (χ3v) is 6.36. The summed E-state index contributed by atoms with van der Waals surface area (Å²) in [6.45, 7) is 25.3. The lowest BCUT2D eigenvalue weighted by atomic mass is 9.88. The summed E-state index contributed by atoms with van der Waals surface area (Å²) in [5.41, 5.74) is 0.159. The predicted molar refractivity (Wildman–Crippen MR) is 108 cm³/mol. The molecule has 1 unspecified atom stereocenters. The fourth-order valence-corrected chi connectivity index (χ4v) is 3.45. The average Bonchev–Trinajstić information content (AvgIpc) is 2.42. The number of hydrogen-bond acceptors (Lipinski definition) is 4. The molecule has 0 fully saturated rings. The Hall–Kier alpha value is 0.0800. The molecule has 0 aliphatic carbocycles. The molecule has 0 heterocycles. The van der Waals surface area contributed by atoms with E-state index in [4.69, 9.17) is 18.6 Å². The van der Waals surface area contributed by atoms with E-state index in [-0.39, 0.29) is 10.2 Å². The Kier molecular flexibility index (Phi) is 13.7. The molecule has 0 aliphatic rings. The summed E-state index contributed by atoms with van der Waals surface area (Å²) in [7, 11) is -4.94. The van der Waals surface area contributed by atoms with E-state index in [9.17, 15) is 0 Å². The van der Waals surface area contributed by atoms with Crippen LogP contribution in [0.15, 0.2) is 0 Å². The van der Waals surface area contributed by atoms with Crippen molar-refractivity contribution in [3.63, 3.8) is 0 Å². The summed E-state index contributed by atoms with van der Waals surface area (Å²) in [6.07, 6.45) is 0. The molecule has 0 aliphatic heterocycles. The molecule has 0 saturated carbocycles. The summed E-state index contributed by atoms with van der Waals surface area (Å²) in [4.78, 5) is 4.15. The highest BCUT2D eigenvalue weighted by Crippen LogP contribution is 2.26. The topological polar surface area (TPSA) is 118 Å². The number of hydrogen-bond donors (Lipinski definition) is 2. The van der Waals surface area contributed by atoms with Gasteiger partial charge in [0.15, 0.2) is 0 Å². The normalized spacial score (nSPS) is 15.0. The zero-order valence-electron chi connectivity index (χ0n) is 19.4. The quantitative estimate of drug-likeness (QED) is 0.283. The largest absolute Gasteiger partial charge is 0.274 e. The van der Waals surface area contributed by atoms with Crippen molar-refractivity contribution in [1.82, 2.24) is 5.32 Å². The van der Waals surface area contributed by atoms with E-state index in [0.29, 0.717) is 35.8 Å². The van der Waals surface area contributed by atoms with E-state index in [1.54, 1.807) is 0 Å². The van der Waals surface area contributed by atoms with Crippen LogP contribution in [0.1, 0.15) is 76.2 Å². The van der Waals surface area contributed by atoms with Gasteiger partial charge in [-0.25, -0.2) is 18.6 Å². The first kappa shape index (κ1) is 30.3. The van der Waals surface area contributed by atoms with Crippen LogP contribution in [0, 0.1) is 39.3 Å². The minimum absolute atomic E-state index is 0.159. The monoisotopic (exact) mass is 488 g/mol. The number of rotatable bonds is 7. The average molecular weight is 490 g/mol. The van der Waals surface area contributed by atoms with E-state index in [1.165, 1.54) is 5.84 Å². The van der Waals surface area contributed by atoms with Gasteiger partial charge in [-0.05, 0) is 29.1 Å². The predicted octanol–water partition coefficient (Wildman–Crippen LogP) is -0.530. The van der Waals surface area contributed by atoms with Crippen molar-refractivity contribution in [3.8, 4) is 0 Å². The molecule has 0 radical (unpaired) electrons. The fourth-order valence-electron chi connectivity index (χ4n) is 3.19. The van der Waals surface area contributed by atoms with Crippen molar-refractivity contribution in [2.45, 2.75) is 93.1 Å². The third kappa shape index (κ3) is 14.1. The van der Waals surface area contributed by atoms with Gasteiger partial charge in [-0.15, -0.1) is 10.2 Å². The van der Waals surface area contributed by atoms with Crippen molar-refractivity contribution >= 4 is 21.8 Å². The SMILES string of the molecule is CC(C)C(NC(=[NH+]C(C(C)C)C(C)C)C(Br)C(C)(C)C)C(C)C.[O-][Cl+3]([O-])([O-])[O-]. The Morgan fingerprint density at radius 2 is 1.11 bits per heavy atom. The molecule has 0 amide bonds. The molecule has 0 spiro atoms. The number of halogens is 2. The minimum Gasteiger partial charge on any atom is -0.274 e. The lowest BCUT2D eigenvalue weighted by molar-refractivity contribution is -2.00. The van der Waals surface area contributed by atoms with Crippen molar-refractivity contribution in [2.75, 3.05) is 0 Å². The van der Waals surface area contributed by atoms with Gasteiger partial charge in [0.25, 0.3) is 5.84 Å². The first-order valence-corrected chi connectivity index (χ1v) is 12.1. The van der Waals surface area contributed by atoms with Gasteiger partial charge in [0.05, 0.1) is 12.1 Å². The van der Waals surface area contributed by atoms with Crippen LogP contribution in [-0.2, 0) is 0 Å². The van der Waals surface area contributed by atoms with Gasteiger partial charge in [-0.3, -0.25) is 10.3 Å². The Morgan fingerprint density at radius 1 is 0.786 bits per heavy atom. The highest BCUT2D eigenvalue weighted by atomic mass is 79.9. The molecule has 170 valence electrons. The van der Waals surface area contributed by atoms with Crippen molar-refractivity contribution in [3.05, 3.63) is 0 Å². The highest BCUT2D eigenvalue weighted by molar-refractivity contribution is 9.10. The van der Waals surface area contributed by atoms with Crippen LogP contribution in [0.25, 0.3) is 0 Å². The Labute approximate surface area is 183 Å². The molecule has 0 bridgehead atoms. The Balaban J connectivity index is 0. The molecular weight excluding hydrogens is 448 g/mol. The Morgan fingerprint density at radius 3 is 1.32 bits per heavy atom. The molecule has 0 aromatic heterocycles. The molecule has 1 atom stereocenters. The molecular formula is C20H42BrClN2O4. The van der Waals surface area contributed by atoms with Gasteiger partial charge in [-0.1, -0.05) is 92.1 Å². The molecule has 6 nitrogen and oxygen atoms in total. The van der Waals surface area contributed by atoms with E-state index in [2.05, 4.69) is 102 Å². The smallest absolute Gasteiger partial charge is 0.257 e. The molecule has 2 N–H and O–H groups in total. The van der Waals surface area contributed by atoms with Gasteiger partial charge < -0.3 is 0 Å². The van der Waals surface area contributed by atoms with Gasteiger partial charge in [0.1, 0.15) is 4.83 Å². The summed E-state index contributed by atoms with van der Waals surface area (Å²) in [6, 6.07) is 0.944. The second kappa shape index (κ2) is 12.7. The summed E-state index contributed by atoms with van der Waals surface area (Å²) in [5, 5.41) is 3.86. The first-order valence-electron chi connectivity index (χ1n) is 9.94. The van der Waals surface area contributed by atoms with Crippen LogP contribution in [0.3, 0.4) is 0 Å². The molecule has 0 aromatic carbocycles. The fraction of sp³-hybridized carbons (Fsp3) is 0.950. The summed E-state index contributed by atoms with van der Waals surface area (Å²) >= 11 is 3.96. The zero-order valence-corrected chi connectivity index (χ0v) is 21.8. The third-order valence-electron chi connectivity index (χ3n) is 4.53. The summed E-state index contributed by atoms with van der Waals surface area (Å²) in [5.74, 6) is 3.65. The second-order valence-corrected chi connectivity index (χ2v) is 11.5. The number of alkyl halides is 1. The van der Waals surface area contributed by atoms with Gasteiger partial charge in [-0.2, -0.15) is 0 Å². The lowest BCUT2D eigenvalue weighted by Gasteiger charge is -2.30. The molecule has 8 heteroatoms. The van der Waals surface area contributed by atoms with Gasteiger partial charge in [0.2, 0.25) is 0 Å². The molecule has 0 rings (SSSR count). The zero-order chi connectivity index (χ0) is 23.0. The standard InChI is InChI=1S/C20H41BrN2.ClHO4/c1-12(2)16(13(3)4)22-19(18(21)20(9,10)11)23-17(14(5)6)15(7)8;2-1(3,4)5/h12-18H,1-11H3,(H,22,23);(H,2,3,4,5). The van der Waals surface area contributed by atoms with E-state index < -0.39 is 10.2 Å². The molecule has 0 saturated heterocycles. The second-order valence-electron chi connectivity index (χ2n) is 9.84. The van der Waals surface area contributed by atoms with Gasteiger partial charge >= 0.3 is 0 Å². The highest BCUT2D eigenvalue weighted by Gasteiger charge is 2.35. The van der Waals surface area contributed by atoms with Crippen molar-refractivity contribution in [2.24, 2.45) is 29.1 Å². The maximum absolute atomic E-state index is 8.49. The van der Waals surface area contributed by atoms with E-state index >= 15 is 0 Å². The maximum atomic E-state index is 8.49. The van der Waals surface area contributed by atoms with Gasteiger partial charge in [0, 0.05) is 0 Å². The van der Waals surface area contributed by atoms with Crippen LogP contribution in [0.2, 0.25) is 0 Å². The number of nitrogens with one attached hydrogen (secondary N) is 2. The van der Waals surface area contributed by atoms with Crippen LogP contribution in [-0.4, -0.2) is 22.7 Å². The van der Waals surface area contributed by atoms with E-state index in [1.807, 2.05) is 0 Å². The van der Waals surface area contributed by atoms with Crippen molar-refractivity contribution in [1.29, 1.82) is 0 Å². The van der Waals surface area contributed by atoms with Crippen LogP contribution < -0.4 is 28.9 Å². The van der Waals surface area contributed by atoms with E-state index in [0.717, 1.165) is 0 Å². The molecule has 0 aromatic rings. The first-order chi connectivity index (χ1) is 12.3. The maximum Gasteiger partial charge on any atom is 0.257 e. The lowest BCUT2D eigenvalue weighted by Crippen LogP contribution is -2.87. The van der Waals surface area contributed by atoms with Crippen molar-refractivity contribution < 1.29 is 33.9 Å². The van der Waals surface area contributed by atoms with Crippen LogP contribution >= 0.6 is 15.9 Å².